The van der Waals surface area contributed by atoms with Gasteiger partial charge in [0.2, 0.25) is 10.0 Å². The molecular formula is C30H40N6O4S. The molecule has 5 rings (SSSR count). The maximum atomic E-state index is 13.7. The van der Waals surface area contributed by atoms with Crippen LogP contribution in [0.15, 0.2) is 53.8 Å². The molecule has 1 aromatic carbocycles. The summed E-state index contributed by atoms with van der Waals surface area (Å²) in [7, 11) is -2.11. The number of ether oxygens (including phenoxy) is 2. The van der Waals surface area contributed by atoms with Gasteiger partial charge in [0.1, 0.15) is 18.2 Å². The van der Waals surface area contributed by atoms with Crippen molar-refractivity contribution >= 4 is 21.5 Å². The van der Waals surface area contributed by atoms with E-state index in [2.05, 4.69) is 37.3 Å². The molecule has 0 unspecified atom stereocenters. The first kappa shape index (κ1) is 29.1. The lowest BCUT2D eigenvalue weighted by atomic mass is 9.93. The Labute approximate surface area is 243 Å². The molecule has 0 amide bonds. The molecule has 1 aliphatic carbocycles. The van der Waals surface area contributed by atoms with Gasteiger partial charge < -0.3 is 19.7 Å². The van der Waals surface area contributed by atoms with Crippen LogP contribution in [0.2, 0.25) is 0 Å². The monoisotopic (exact) mass is 580 g/mol. The van der Waals surface area contributed by atoms with E-state index in [4.69, 9.17) is 9.47 Å². The van der Waals surface area contributed by atoms with E-state index in [-0.39, 0.29) is 25.2 Å². The van der Waals surface area contributed by atoms with E-state index in [9.17, 15) is 8.42 Å². The SMILES string of the molecule is COc1cc(C)c(S(=O)(=O)N(CCOc2nccc(NCCC3CCN(c4ccncc4)CC3)n2)C2CC2)c(C)c1. The Balaban J connectivity index is 1.10. The standard InChI is InChI=1S/C30H40N6O4S/c1-22-20-27(39-3)21-23(2)29(22)41(37,38)36(26-4-5-26)18-19-40-30-33-15-9-28(34-30)32-14-6-24-10-16-35(17-11-24)25-7-12-31-13-8-25/h7-9,12-13,15,20-21,24,26H,4-6,10-11,14,16-19H2,1-3H3,(H,32,33,34). The molecule has 11 heteroatoms. The van der Waals surface area contributed by atoms with Crippen molar-refractivity contribution in [3.63, 3.8) is 0 Å². The normalized spacial score (nSPS) is 16.1. The highest BCUT2D eigenvalue weighted by Gasteiger charge is 2.39. The summed E-state index contributed by atoms with van der Waals surface area (Å²) >= 11 is 0. The second-order valence-electron chi connectivity index (χ2n) is 10.9. The topological polar surface area (TPSA) is 110 Å². The number of sulfonamides is 1. The number of aryl methyl sites for hydroxylation is 2. The van der Waals surface area contributed by atoms with Crippen LogP contribution in [-0.4, -0.2) is 73.6 Å². The van der Waals surface area contributed by atoms with E-state index in [1.54, 1.807) is 29.7 Å². The highest BCUT2D eigenvalue weighted by molar-refractivity contribution is 7.89. The second-order valence-corrected chi connectivity index (χ2v) is 12.7. The van der Waals surface area contributed by atoms with Crippen LogP contribution in [0.4, 0.5) is 11.5 Å². The number of nitrogens with zero attached hydrogens (tertiary/aromatic N) is 5. The summed E-state index contributed by atoms with van der Waals surface area (Å²) in [5.74, 6) is 2.03. The van der Waals surface area contributed by atoms with Crippen molar-refractivity contribution < 1.29 is 17.9 Å². The average Bonchev–Trinajstić information content (AvgIpc) is 3.81. The van der Waals surface area contributed by atoms with E-state index >= 15 is 0 Å². The highest BCUT2D eigenvalue weighted by atomic mass is 32.2. The molecule has 1 N–H and O–H groups in total. The molecule has 3 aromatic rings. The quantitative estimate of drug-likeness (QED) is 0.314. The summed E-state index contributed by atoms with van der Waals surface area (Å²) in [6, 6.07) is 9.73. The van der Waals surface area contributed by atoms with E-state index in [1.807, 2.05) is 32.3 Å². The lowest BCUT2D eigenvalue weighted by Crippen LogP contribution is -2.37. The van der Waals surface area contributed by atoms with Gasteiger partial charge in [-0.15, -0.1) is 0 Å². The van der Waals surface area contributed by atoms with Crippen molar-refractivity contribution in [2.24, 2.45) is 5.92 Å². The number of aromatic nitrogens is 3. The van der Waals surface area contributed by atoms with Crippen LogP contribution in [0.1, 0.15) is 43.2 Å². The molecule has 3 heterocycles. The van der Waals surface area contributed by atoms with Crippen LogP contribution in [-0.2, 0) is 10.0 Å². The fraction of sp³-hybridized carbons (Fsp3) is 0.500. The van der Waals surface area contributed by atoms with Gasteiger partial charge in [0.25, 0.3) is 0 Å². The minimum Gasteiger partial charge on any atom is -0.497 e. The first-order valence-electron chi connectivity index (χ1n) is 14.4. The van der Waals surface area contributed by atoms with E-state index in [0.29, 0.717) is 33.5 Å². The van der Waals surface area contributed by atoms with Gasteiger partial charge in [-0.05, 0) is 93.3 Å². The number of benzene rings is 1. The molecule has 0 atom stereocenters. The zero-order valence-corrected chi connectivity index (χ0v) is 24.9. The Morgan fingerprint density at radius 1 is 1.02 bits per heavy atom. The van der Waals surface area contributed by atoms with Crippen molar-refractivity contribution in [2.75, 3.05) is 50.1 Å². The van der Waals surface area contributed by atoms with E-state index in [1.165, 1.54) is 5.69 Å². The minimum absolute atomic E-state index is 0.00464. The Kier molecular flexibility index (Phi) is 9.24. The molecule has 1 saturated heterocycles. The number of piperidine rings is 1. The van der Waals surface area contributed by atoms with Gasteiger partial charge in [0.15, 0.2) is 0 Å². The Morgan fingerprint density at radius 2 is 1.73 bits per heavy atom. The number of anilines is 2. The molecule has 0 bridgehead atoms. The van der Waals surface area contributed by atoms with Crippen molar-refractivity contribution in [2.45, 2.75) is 56.9 Å². The van der Waals surface area contributed by atoms with Crippen molar-refractivity contribution in [3.05, 3.63) is 60.0 Å². The summed E-state index contributed by atoms with van der Waals surface area (Å²) < 4.78 is 40.1. The Bertz CT molecular complexity index is 1390. The van der Waals surface area contributed by atoms with Crippen molar-refractivity contribution in [1.82, 2.24) is 19.3 Å². The fourth-order valence-electron chi connectivity index (χ4n) is 5.59. The molecule has 1 saturated carbocycles. The molecule has 1 aliphatic heterocycles. The summed E-state index contributed by atoms with van der Waals surface area (Å²) in [4.78, 5) is 15.6. The summed E-state index contributed by atoms with van der Waals surface area (Å²) in [5.41, 5.74) is 2.60. The van der Waals surface area contributed by atoms with Gasteiger partial charge in [-0.25, -0.2) is 13.4 Å². The van der Waals surface area contributed by atoms with Gasteiger partial charge in [-0.1, -0.05) is 0 Å². The Hall–Kier alpha value is -3.44. The molecule has 0 spiro atoms. The van der Waals surface area contributed by atoms with Crippen LogP contribution in [0.3, 0.4) is 0 Å². The summed E-state index contributed by atoms with van der Waals surface area (Å²) in [5, 5.41) is 3.40. The van der Waals surface area contributed by atoms with Gasteiger partial charge in [-0.3, -0.25) is 4.98 Å². The van der Waals surface area contributed by atoms with Gasteiger partial charge in [0, 0.05) is 56.5 Å². The number of hydrogen-bond donors (Lipinski definition) is 1. The summed E-state index contributed by atoms with van der Waals surface area (Å²) in [6.07, 6.45) is 10.5. The number of pyridine rings is 1. The fourth-order valence-corrected chi connectivity index (χ4v) is 7.67. The van der Waals surface area contributed by atoms with Crippen LogP contribution in [0, 0.1) is 19.8 Å². The smallest absolute Gasteiger partial charge is 0.318 e. The lowest BCUT2D eigenvalue weighted by molar-refractivity contribution is 0.252. The molecule has 2 aliphatic rings. The predicted octanol–water partition coefficient (Wildman–Crippen LogP) is 4.45. The number of rotatable bonds is 13. The zero-order valence-electron chi connectivity index (χ0n) is 24.1. The average molecular weight is 581 g/mol. The maximum Gasteiger partial charge on any atom is 0.318 e. The second kappa shape index (κ2) is 13.0. The number of hydrogen-bond acceptors (Lipinski definition) is 9. The van der Waals surface area contributed by atoms with Gasteiger partial charge in [-0.2, -0.15) is 9.29 Å². The molecule has 2 aromatic heterocycles. The molecule has 10 nitrogen and oxygen atoms in total. The first-order valence-corrected chi connectivity index (χ1v) is 15.8. The first-order chi connectivity index (χ1) is 19.8. The van der Waals surface area contributed by atoms with Gasteiger partial charge >= 0.3 is 6.01 Å². The lowest BCUT2D eigenvalue weighted by Gasteiger charge is -2.33. The number of methoxy groups -OCH3 is 1. The highest BCUT2D eigenvalue weighted by Crippen LogP contribution is 2.35. The largest absolute Gasteiger partial charge is 0.497 e. The molecular weight excluding hydrogens is 540 g/mol. The number of nitrogens with one attached hydrogen (secondary N) is 1. The third-order valence-corrected chi connectivity index (χ3v) is 10.1. The van der Waals surface area contributed by atoms with Crippen LogP contribution in [0.25, 0.3) is 0 Å². The molecule has 220 valence electrons. The third-order valence-electron chi connectivity index (χ3n) is 7.87. The zero-order chi connectivity index (χ0) is 28.8. The van der Waals surface area contributed by atoms with E-state index < -0.39 is 10.0 Å². The predicted molar refractivity (Wildman–Crippen MR) is 159 cm³/mol. The van der Waals surface area contributed by atoms with Gasteiger partial charge in [0.05, 0.1) is 12.0 Å². The Morgan fingerprint density at radius 3 is 2.39 bits per heavy atom. The van der Waals surface area contributed by atoms with Crippen LogP contribution in [0.5, 0.6) is 11.8 Å². The summed E-state index contributed by atoms with van der Waals surface area (Å²) in [6.45, 7) is 6.96. The van der Waals surface area contributed by atoms with Crippen LogP contribution >= 0.6 is 0 Å². The third kappa shape index (κ3) is 7.26. The minimum atomic E-state index is -3.69. The maximum absolute atomic E-state index is 13.7. The van der Waals surface area contributed by atoms with Crippen LogP contribution < -0.4 is 19.7 Å². The molecule has 41 heavy (non-hydrogen) atoms. The van der Waals surface area contributed by atoms with Crippen molar-refractivity contribution in [3.8, 4) is 11.8 Å². The van der Waals surface area contributed by atoms with E-state index in [0.717, 1.165) is 51.7 Å². The molecule has 0 radical (unpaired) electrons. The van der Waals surface area contributed by atoms with Crippen molar-refractivity contribution in [1.29, 1.82) is 0 Å². The molecule has 2 fully saturated rings.